The number of hydrogen-bond donors (Lipinski definition) is 6. The summed E-state index contributed by atoms with van der Waals surface area (Å²) in [6.45, 7) is 15.8. The van der Waals surface area contributed by atoms with E-state index in [9.17, 15) is 38.3 Å². The number of carbonyl (C=O) groups is 6. The molecule has 1 aromatic heterocycles. The minimum Gasteiger partial charge on any atom is -0.460 e. The lowest BCUT2D eigenvalue weighted by atomic mass is 9.82. The van der Waals surface area contributed by atoms with Crippen molar-refractivity contribution in [3.05, 3.63) is 83.7 Å². The van der Waals surface area contributed by atoms with E-state index in [1.165, 1.54) is 4.90 Å². The van der Waals surface area contributed by atoms with E-state index in [1.54, 1.807) is 33.0 Å². The quantitative estimate of drug-likeness (QED) is 0.0424. The van der Waals surface area contributed by atoms with Gasteiger partial charge in [0.15, 0.2) is 0 Å². The van der Waals surface area contributed by atoms with E-state index in [0.717, 1.165) is 23.8 Å². The zero-order chi connectivity index (χ0) is 49.4. The fourth-order valence-corrected chi connectivity index (χ4v) is 7.78. The predicted molar refractivity (Wildman–Crippen MR) is 249 cm³/mol. The molecule has 16 nitrogen and oxygen atoms in total. The molecule has 364 valence electrons. The van der Waals surface area contributed by atoms with Gasteiger partial charge < -0.3 is 51.0 Å². The van der Waals surface area contributed by atoms with Crippen LogP contribution < -0.4 is 27.0 Å². The molecule has 0 bridgehead atoms. The van der Waals surface area contributed by atoms with Gasteiger partial charge in [0, 0.05) is 63.7 Å². The van der Waals surface area contributed by atoms with Crippen molar-refractivity contribution >= 4 is 43.8 Å². The zero-order valence-corrected chi connectivity index (χ0v) is 40.7. The largest absolute Gasteiger partial charge is 0.460 e. The number of halogens is 2. The SMILES string of the molecule is CC(C)(C)OC(=O)CC[C@@H](NC(=O)CN)C(=O)NCCNC(=O)[C@H](CCN(C(=O)CO)[C@@H](c1cc(-c2cc(F)ccc2F)cn1Cc1ccccc1)C(C)(C)C)NC(=O)OCC[Si](C)(C)C. The lowest BCUT2D eigenvalue weighted by Crippen LogP contribution is -2.52. The normalized spacial score (nSPS) is 13.2. The highest BCUT2D eigenvalue weighted by molar-refractivity contribution is 6.76. The first-order valence-corrected chi connectivity index (χ1v) is 25.8. The Morgan fingerprint density at radius 2 is 1.48 bits per heavy atom. The fourth-order valence-electron chi connectivity index (χ4n) is 7.07. The van der Waals surface area contributed by atoms with Crippen molar-refractivity contribution in [2.24, 2.45) is 11.1 Å². The third-order valence-corrected chi connectivity index (χ3v) is 11.9. The van der Waals surface area contributed by atoms with Crippen LogP contribution in [-0.4, -0.2) is 115 Å². The molecule has 0 spiro atoms. The second-order valence-electron chi connectivity index (χ2n) is 19.4. The Labute approximate surface area is 387 Å². The van der Waals surface area contributed by atoms with E-state index in [4.69, 9.17) is 15.2 Å². The summed E-state index contributed by atoms with van der Waals surface area (Å²) < 4.78 is 42.4. The number of rotatable bonds is 23. The van der Waals surface area contributed by atoms with Crippen LogP contribution in [0.2, 0.25) is 25.7 Å². The maximum Gasteiger partial charge on any atom is 0.407 e. The van der Waals surface area contributed by atoms with E-state index >= 15 is 4.39 Å². The van der Waals surface area contributed by atoms with Gasteiger partial charge in [-0.15, -0.1) is 0 Å². The summed E-state index contributed by atoms with van der Waals surface area (Å²) >= 11 is 0. The van der Waals surface area contributed by atoms with E-state index in [0.29, 0.717) is 17.3 Å². The van der Waals surface area contributed by atoms with Crippen LogP contribution in [0.5, 0.6) is 0 Å². The number of nitrogens with one attached hydrogen (secondary N) is 4. The number of esters is 1. The summed E-state index contributed by atoms with van der Waals surface area (Å²) in [4.78, 5) is 80.0. The maximum atomic E-state index is 15.3. The van der Waals surface area contributed by atoms with Crippen LogP contribution in [0.3, 0.4) is 0 Å². The molecule has 0 aliphatic rings. The van der Waals surface area contributed by atoms with Crippen LogP contribution in [0.1, 0.15) is 78.1 Å². The van der Waals surface area contributed by atoms with Crippen molar-refractivity contribution in [3.63, 3.8) is 0 Å². The van der Waals surface area contributed by atoms with Gasteiger partial charge in [-0.05, 0) is 74.9 Å². The van der Waals surface area contributed by atoms with Gasteiger partial charge in [0.1, 0.15) is 35.9 Å². The Kier molecular flexibility index (Phi) is 20.5. The van der Waals surface area contributed by atoms with Gasteiger partial charge in [0.25, 0.3) is 0 Å². The number of amides is 5. The molecule has 1 heterocycles. The van der Waals surface area contributed by atoms with Crippen molar-refractivity contribution in [2.45, 2.75) is 117 Å². The molecule has 0 saturated heterocycles. The molecule has 66 heavy (non-hydrogen) atoms. The van der Waals surface area contributed by atoms with Crippen molar-refractivity contribution in [2.75, 3.05) is 39.4 Å². The molecule has 0 unspecified atom stereocenters. The number of aromatic nitrogens is 1. The van der Waals surface area contributed by atoms with Crippen molar-refractivity contribution in [1.29, 1.82) is 0 Å². The van der Waals surface area contributed by atoms with Crippen LogP contribution in [0.25, 0.3) is 11.1 Å². The summed E-state index contributed by atoms with van der Waals surface area (Å²) in [6.07, 6.45) is 0.403. The highest BCUT2D eigenvalue weighted by Crippen LogP contribution is 2.41. The first kappa shape index (κ1) is 54.7. The number of hydrogen-bond acceptors (Lipinski definition) is 10. The zero-order valence-electron chi connectivity index (χ0n) is 39.7. The van der Waals surface area contributed by atoms with E-state index in [-0.39, 0.29) is 57.6 Å². The van der Waals surface area contributed by atoms with Crippen molar-refractivity contribution in [3.8, 4) is 11.1 Å². The monoisotopic (exact) mass is 941 g/mol. The highest BCUT2D eigenvalue weighted by Gasteiger charge is 2.38. The van der Waals surface area contributed by atoms with E-state index in [1.807, 2.05) is 55.7 Å². The first-order chi connectivity index (χ1) is 30.8. The van der Waals surface area contributed by atoms with Gasteiger partial charge in [-0.2, -0.15) is 0 Å². The van der Waals surface area contributed by atoms with Crippen LogP contribution in [0.15, 0.2) is 60.8 Å². The van der Waals surface area contributed by atoms with Gasteiger partial charge in [-0.25, -0.2) is 13.6 Å². The third-order valence-electron chi connectivity index (χ3n) is 10.2. The minimum atomic E-state index is -1.60. The molecule has 5 amide bonds. The van der Waals surface area contributed by atoms with Gasteiger partial charge >= 0.3 is 12.1 Å². The molecule has 0 aliphatic carbocycles. The van der Waals surface area contributed by atoms with Gasteiger partial charge in [-0.1, -0.05) is 70.7 Å². The summed E-state index contributed by atoms with van der Waals surface area (Å²) in [6, 6.07) is 11.7. The molecule has 3 rings (SSSR count). The molecule has 7 N–H and O–H groups in total. The third kappa shape index (κ3) is 18.3. The number of ether oxygens (including phenoxy) is 2. The van der Waals surface area contributed by atoms with Crippen LogP contribution in [-0.2, 0) is 40.0 Å². The van der Waals surface area contributed by atoms with Gasteiger partial charge in [-0.3, -0.25) is 24.0 Å². The number of aliphatic hydroxyl groups is 1. The molecule has 0 aliphatic heterocycles. The molecule has 0 fully saturated rings. The second kappa shape index (κ2) is 24.7. The number of nitrogens with two attached hydrogens (primary N) is 1. The Morgan fingerprint density at radius 3 is 2.05 bits per heavy atom. The summed E-state index contributed by atoms with van der Waals surface area (Å²) in [7, 11) is -1.60. The van der Waals surface area contributed by atoms with Crippen LogP contribution in [0.4, 0.5) is 13.6 Å². The summed E-state index contributed by atoms with van der Waals surface area (Å²) in [5.74, 6) is -4.48. The Hall–Kier alpha value is -5.66. The standard InChI is InChI=1S/C47H69F2N7O9Si/c1-46(2,3)42(38-25-32(34-26-33(48)15-16-35(34)49)29-55(38)28-31-13-11-10-12-14-31)56(40(59)30-57)22-19-37(54-45(63)64-23-24-66(7,8)9)44(62)52-21-20-51-43(61)36(53-39(58)27-50)17-18-41(60)65-47(4,5)6/h10-16,25-26,29,36-37,42,57H,17-24,27-28,30,50H2,1-9H3,(H,51,61)(H,52,62)(H,53,58)(H,54,63)/t36-,37+,42+/m1/s1. The lowest BCUT2D eigenvalue weighted by molar-refractivity contribution is -0.155. The van der Waals surface area contributed by atoms with E-state index < -0.39 is 97.7 Å². The van der Waals surface area contributed by atoms with E-state index in [2.05, 4.69) is 40.9 Å². The molecular formula is C47H69F2N7O9Si. The average Bonchev–Trinajstić information content (AvgIpc) is 3.62. The van der Waals surface area contributed by atoms with Crippen LogP contribution >= 0.6 is 0 Å². The Morgan fingerprint density at radius 1 is 0.864 bits per heavy atom. The van der Waals surface area contributed by atoms with Gasteiger partial charge in [0.05, 0.1) is 19.2 Å². The lowest BCUT2D eigenvalue weighted by Gasteiger charge is -2.41. The molecule has 3 atom stereocenters. The first-order valence-electron chi connectivity index (χ1n) is 22.1. The fraction of sp³-hybridized carbons (Fsp3) is 0.532. The number of aliphatic hydroxyl groups excluding tert-OH is 1. The number of alkyl carbamates (subject to hydrolysis) is 1. The summed E-state index contributed by atoms with van der Waals surface area (Å²) in [5.41, 5.74) is 5.72. The highest BCUT2D eigenvalue weighted by atomic mass is 28.3. The van der Waals surface area contributed by atoms with Crippen LogP contribution in [0, 0.1) is 17.0 Å². The van der Waals surface area contributed by atoms with Crippen molar-refractivity contribution in [1.82, 2.24) is 30.7 Å². The Bertz CT molecular complexity index is 2120. The second-order valence-corrected chi connectivity index (χ2v) is 25.0. The number of carbonyl (C=O) groups excluding carboxylic acids is 6. The maximum absolute atomic E-state index is 15.3. The Balaban J connectivity index is 1.92. The van der Waals surface area contributed by atoms with Gasteiger partial charge in [0.2, 0.25) is 23.6 Å². The molecule has 0 radical (unpaired) electrons. The summed E-state index contributed by atoms with van der Waals surface area (Å²) in [5, 5.41) is 20.8. The smallest absolute Gasteiger partial charge is 0.407 e. The molecule has 19 heteroatoms. The topological polar surface area (TPSA) is 223 Å². The molecule has 2 aromatic carbocycles. The minimum absolute atomic E-state index is 0.0113. The molecule has 0 saturated carbocycles. The number of nitrogens with zero attached hydrogens (tertiary/aromatic N) is 2. The van der Waals surface area contributed by atoms with Crippen molar-refractivity contribution < 1.29 is 52.1 Å². The average molecular weight is 942 g/mol. The predicted octanol–water partition coefficient (Wildman–Crippen LogP) is 5.01. The molecule has 3 aromatic rings. The molecular weight excluding hydrogens is 873 g/mol. The number of benzene rings is 2.